The van der Waals surface area contributed by atoms with Crippen molar-refractivity contribution in [1.82, 2.24) is 9.88 Å². The molecule has 2 aromatic rings. The first-order valence-corrected chi connectivity index (χ1v) is 7.43. The van der Waals surface area contributed by atoms with Gasteiger partial charge in [-0.25, -0.2) is 0 Å². The number of amides is 1. The van der Waals surface area contributed by atoms with Crippen LogP contribution in [0.4, 0.5) is 0 Å². The van der Waals surface area contributed by atoms with Crippen LogP contribution in [-0.2, 0) is 11.2 Å². The third kappa shape index (κ3) is 2.01. The fraction of sp³-hybridized carbons (Fsp3) is 0.294. The van der Waals surface area contributed by atoms with Crippen molar-refractivity contribution < 1.29 is 14.7 Å². The van der Waals surface area contributed by atoms with Crippen molar-refractivity contribution in [2.24, 2.45) is 5.92 Å². The van der Waals surface area contributed by atoms with E-state index in [1.165, 1.54) is 6.20 Å². The average Bonchev–Trinajstić information content (AvgIpc) is 2.85. The van der Waals surface area contributed by atoms with Crippen LogP contribution in [0, 0.1) is 5.92 Å². The Morgan fingerprint density at radius 3 is 2.86 bits per heavy atom. The molecule has 0 spiro atoms. The predicted molar refractivity (Wildman–Crippen MR) is 81.5 cm³/mol. The zero-order valence-corrected chi connectivity index (χ0v) is 12.0. The Morgan fingerprint density at radius 1 is 1.18 bits per heavy atom. The largest absolute Gasteiger partial charge is 0.511 e. The number of rotatable bonds is 0. The number of Topliss-reactive ketones (excluding diaryl/α,β-unsaturated/α-hetero) is 1. The molecule has 1 aromatic carbocycles. The smallest absolute Gasteiger partial charge is 0.231 e. The van der Waals surface area contributed by atoms with Gasteiger partial charge >= 0.3 is 0 Å². The molecule has 0 aliphatic carbocycles. The van der Waals surface area contributed by atoms with Gasteiger partial charge in [0.25, 0.3) is 0 Å². The number of hydrogen-bond acceptors (Lipinski definition) is 3. The van der Waals surface area contributed by atoms with Gasteiger partial charge in [0.05, 0.1) is 12.1 Å². The van der Waals surface area contributed by atoms with Gasteiger partial charge in [-0.15, -0.1) is 0 Å². The maximum Gasteiger partial charge on any atom is 0.231 e. The Kier molecular flexibility index (Phi) is 2.82. The molecule has 0 saturated carbocycles. The topological polar surface area (TPSA) is 73.4 Å². The van der Waals surface area contributed by atoms with Gasteiger partial charge < -0.3 is 15.0 Å². The molecule has 22 heavy (non-hydrogen) atoms. The first-order valence-electron chi connectivity index (χ1n) is 7.43. The second-order valence-corrected chi connectivity index (χ2v) is 6.06. The van der Waals surface area contributed by atoms with Crippen LogP contribution >= 0.6 is 0 Å². The number of H-pyrrole nitrogens is 1. The number of aromatic amines is 1. The Balaban J connectivity index is 1.87. The Morgan fingerprint density at radius 2 is 2.00 bits per heavy atom. The van der Waals surface area contributed by atoms with Crippen molar-refractivity contribution in [2.75, 3.05) is 6.54 Å². The molecule has 2 aliphatic heterocycles. The molecule has 5 nitrogen and oxygen atoms in total. The standard InChI is InChI=1S/C17H16N2O3/c20-11-5-10-6-15(21)17-13(7-16(22)19(8-10)9-11)12-3-1-2-4-14(12)18-17/h1-4,9-10,18,20H,5-8H2. The molecule has 2 aliphatic rings. The molecule has 2 N–H and O–H groups in total. The van der Waals surface area contributed by atoms with Crippen molar-refractivity contribution >= 4 is 22.6 Å². The Labute approximate surface area is 127 Å². The van der Waals surface area contributed by atoms with Gasteiger partial charge in [-0.05, 0) is 17.5 Å². The van der Waals surface area contributed by atoms with Gasteiger partial charge in [0.15, 0.2) is 5.78 Å². The molecule has 1 aromatic heterocycles. The SMILES string of the molecule is O=C1CC2CC(O)=CN(C2)C(=O)Cc2c1[nH]c1ccccc21. The van der Waals surface area contributed by atoms with E-state index in [0.29, 0.717) is 25.1 Å². The lowest BCUT2D eigenvalue weighted by atomic mass is 9.94. The van der Waals surface area contributed by atoms with E-state index < -0.39 is 0 Å². The quantitative estimate of drug-likeness (QED) is 0.784. The van der Waals surface area contributed by atoms with Crippen LogP contribution in [0.3, 0.4) is 0 Å². The highest BCUT2D eigenvalue weighted by atomic mass is 16.3. The van der Waals surface area contributed by atoms with Gasteiger partial charge in [-0.3, -0.25) is 9.59 Å². The van der Waals surface area contributed by atoms with Crippen molar-refractivity contribution in [3.8, 4) is 0 Å². The van der Waals surface area contributed by atoms with Gasteiger partial charge in [0, 0.05) is 36.5 Å². The number of allylic oxidation sites excluding steroid dienone is 1. The number of aliphatic hydroxyl groups excluding tert-OH is 1. The summed E-state index contributed by atoms with van der Waals surface area (Å²) in [5.41, 5.74) is 2.20. The van der Waals surface area contributed by atoms with Gasteiger partial charge in [-0.2, -0.15) is 0 Å². The number of nitrogens with zero attached hydrogens (tertiary/aromatic N) is 1. The van der Waals surface area contributed by atoms with Crippen molar-refractivity contribution in [3.05, 3.63) is 47.5 Å². The number of carbonyl (C=O) groups is 2. The maximum absolute atomic E-state index is 12.6. The predicted octanol–water partition coefficient (Wildman–Crippen LogP) is 2.54. The number of fused-ring (bicyclic) bond motifs is 5. The number of benzene rings is 1. The second-order valence-electron chi connectivity index (χ2n) is 6.06. The summed E-state index contributed by atoms with van der Waals surface area (Å²) < 4.78 is 0. The molecule has 4 rings (SSSR count). The average molecular weight is 296 g/mol. The monoisotopic (exact) mass is 296 g/mol. The van der Waals surface area contributed by atoms with E-state index in [0.717, 1.165) is 16.5 Å². The number of aromatic nitrogens is 1. The fourth-order valence-electron chi connectivity index (χ4n) is 3.47. The molecule has 3 heterocycles. The molecule has 1 amide bonds. The summed E-state index contributed by atoms with van der Waals surface area (Å²) in [5.74, 6) is 0.0733. The van der Waals surface area contributed by atoms with Crippen LogP contribution in [-0.4, -0.2) is 33.2 Å². The Hall–Kier alpha value is -2.56. The number of nitrogens with one attached hydrogen (secondary N) is 1. The summed E-state index contributed by atoms with van der Waals surface area (Å²) in [5, 5.41) is 10.7. The lowest BCUT2D eigenvalue weighted by Gasteiger charge is -2.28. The minimum Gasteiger partial charge on any atom is -0.511 e. The first-order chi connectivity index (χ1) is 10.6. The van der Waals surface area contributed by atoms with E-state index in [9.17, 15) is 14.7 Å². The third-order valence-corrected chi connectivity index (χ3v) is 4.47. The van der Waals surface area contributed by atoms with Crippen molar-refractivity contribution in [3.63, 3.8) is 0 Å². The first kappa shape index (κ1) is 13.1. The van der Waals surface area contributed by atoms with Crippen LogP contribution in [0.1, 0.15) is 28.9 Å². The van der Waals surface area contributed by atoms with E-state index in [1.807, 2.05) is 24.3 Å². The molecule has 1 atom stereocenters. The molecule has 112 valence electrons. The summed E-state index contributed by atoms with van der Waals surface area (Å²) in [6, 6.07) is 7.66. The number of hydrogen-bond donors (Lipinski definition) is 2. The molecule has 5 heteroatoms. The van der Waals surface area contributed by atoms with Gasteiger partial charge in [0.1, 0.15) is 5.76 Å². The summed E-state index contributed by atoms with van der Waals surface area (Å²) in [7, 11) is 0. The molecule has 2 bridgehead atoms. The molecule has 0 fully saturated rings. The van der Waals surface area contributed by atoms with Crippen LogP contribution in [0.5, 0.6) is 0 Å². The molecule has 0 radical (unpaired) electrons. The number of carbonyl (C=O) groups excluding carboxylic acids is 2. The van der Waals surface area contributed by atoms with Crippen LogP contribution in [0.2, 0.25) is 0 Å². The highest BCUT2D eigenvalue weighted by Gasteiger charge is 2.31. The summed E-state index contributed by atoms with van der Waals surface area (Å²) in [4.78, 5) is 29.9. The highest BCUT2D eigenvalue weighted by Crippen LogP contribution is 2.30. The van der Waals surface area contributed by atoms with Crippen molar-refractivity contribution in [2.45, 2.75) is 19.3 Å². The summed E-state index contributed by atoms with van der Waals surface area (Å²) in [6.45, 7) is 0.497. The fourth-order valence-corrected chi connectivity index (χ4v) is 3.47. The minimum atomic E-state index is -0.0862. The Bertz CT molecular complexity index is 818. The van der Waals surface area contributed by atoms with E-state index in [1.54, 1.807) is 4.90 Å². The minimum absolute atomic E-state index is 0.0144. The van der Waals surface area contributed by atoms with E-state index in [4.69, 9.17) is 0 Å². The van der Waals surface area contributed by atoms with E-state index in [-0.39, 0.29) is 29.8 Å². The lowest BCUT2D eigenvalue weighted by Crippen LogP contribution is -2.35. The van der Waals surface area contributed by atoms with E-state index >= 15 is 0 Å². The second kappa shape index (κ2) is 4.73. The van der Waals surface area contributed by atoms with Crippen LogP contribution in [0.15, 0.2) is 36.2 Å². The van der Waals surface area contributed by atoms with Crippen molar-refractivity contribution in [1.29, 1.82) is 0 Å². The molecule has 0 saturated heterocycles. The number of aliphatic hydroxyl groups is 1. The van der Waals surface area contributed by atoms with Gasteiger partial charge in [0.2, 0.25) is 5.91 Å². The molecular weight excluding hydrogens is 280 g/mol. The highest BCUT2D eigenvalue weighted by molar-refractivity contribution is 6.04. The normalized spacial score (nSPS) is 21.9. The number of para-hydroxylation sites is 1. The molecular formula is C17H16N2O3. The lowest BCUT2D eigenvalue weighted by molar-refractivity contribution is -0.128. The molecule has 1 unspecified atom stereocenters. The summed E-state index contributed by atoms with van der Waals surface area (Å²) in [6.07, 6.45) is 2.46. The van der Waals surface area contributed by atoms with Crippen LogP contribution < -0.4 is 0 Å². The zero-order valence-electron chi connectivity index (χ0n) is 12.0. The third-order valence-electron chi connectivity index (χ3n) is 4.47. The van der Waals surface area contributed by atoms with Crippen LogP contribution in [0.25, 0.3) is 10.9 Å². The number of ketones is 1. The summed E-state index contributed by atoms with van der Waals surface area (Å²) >= 11 is 0. The maximum atomic E-state index is 12.6. The van der Waals surface area contributed by atoms with E-state index in [2.05, 4.69) is 4.98 Å². The van der Waals surface area contributed by atoms with Gasteiger partial charge in [-0.1, -0.05) is 18.2 Å². The zero-order chi connectivity index (χ0) is 15.3.